The van der Waals surface area contributed by atoms with E-state index in [0.29, 0.717) is 12.8 Å². The number of sulfonamides is 1. The van der Waals surface area contributed by atoms with Gasteiger partial charge in [0.05, 0.1) is 13.2 Å². The molecule has 2 fully saturated rings. The first-order valence-corrected chi connectivity index (χ1v) is 17.1. The molecule has 1 aromatic carbocycles. The number of halogens is 2. The fraction of sp³-hybridized carbons (Fsp3) is 0.750. The first-order chi connectivity index (χ1) is 20.7. The van der Waals surface area contributed by atoms with Crippen LogP contribution in [0.3, 0.4) is 0 Å². The number of carbonyl (C=O) groups is 2. The van der Waals surface area contributed by atoms with Crippen molar-refractivity contribution in [3.05, 3.63) is 23.8 Å². The van der Waals surface area contributed by atoms with Crippen molar-refractivity contribution in [1.29, 1.82) is 0 Å². The summed E-state index contributed by atoms with van der Waals surface area (Å²) in [4.78, 5) is 27.2. The minimum Gasteiger partial charge on any atom is -0.487 e. The van der Waals surface area contributed by atoms with Crippen LogP contribution in [0.15, 0.2) is 23.1 Å². The average molecular weight is 661 g/mol. The van der Waals surface area contributed by atoms with Crippen molar-refractivity contribution in [2.24, 2.45) is 0 Å². The number of alkyl halides is 2. The van der Waals surface area contributed by atoms with E-state index in [0.717, 1.165) is 5.56 Å². The fourth-order valence-electron chi connectivity index (χ4n) is 5.42. The van der Waals surface area contributed by atoms with Gasteiger partial charge in [0.25, 0.3) is 0 Å². The number of hydrogen-bond acceptors (Lipinski definition) is 8. The quantitative estimate of drug-likeness (QED) is 0.207. The molecule has 0 N–H and O–H groups in total. The molecular formula is C32H50F2N2O8S. The Morgan fingerprint density at radius 3 is 2.27 bits per heavy atom. The van der Waals surface area contributed by atoms with Crippen molar-refractivity contribution < 1.29 is 45.7 Å². The molecule has 1 aliphatic carbocycles. The summed E-state index contributed by atoms with van der Waals surface area (Å²) < 4.78 is 79.3. The lowest BCUT2D eigenvalue weighted by Gasteiger charge is -2.37. The zero-order valence-electron chi connectivity index (χ0n) is 27.9. The highest BCUT2D eigenvalue weighted by molar-refractivity contribution is 7.89. The van der Waals surface area contributed by atoms with Gasteiger partial charge in [0.2, 0.25) is 15.9 Å². The lowest BCUT2D eigenvalue weighted by Crippen LogP contribution is -2.47. The van der Waals surface area contributed by atoms with Crippen LogP contribution < -0.4 is 4.74 Å². The number of carbonyl (C=O) groups excluding carboxylic acids is 2. The van der Waals surface area contributed by atoms with Gasteiger partial charge in [-0.2, -0.15) is 4.31 Å². The predicted octanol–water partition coefficient (Wildman–Crippen LogP) is 6.09. The molecule has 10 nitrogen and oxygen atoms in total. The zero-order valence-corrected chi connectivity index (χ0v) is 28.7. The van der Waals surface area contributed by atoms with Crippen molar-refractivity contribution >= 4 is 22.1 Å². The van der Waals surface area contributed by atoms with Crippen LogP contribution in [0.25, 0.3) is 0 Å². The topological polar surface area (TPSA) is 112 Å². The molecule has 1 heterocycles. The molecule has 2 aliphatic rings. The minimum atomic E-state index is -4.11. The van der Waals surface area contributed by atoms with Crippen LogP contribution >= 0.6 is 0 Å². The zero-order chi connectivity index (χ0) is 33.8. The van der Waals surface area contributed by atoms with E-state index in [-0.39, 0.29) is 68.7 Å². The average Bonchev–Trinajstić information content (AvgIpc) is 3.38. The third kappa shape index (κ3) is 10.8. The highest BCUT2D eigenvalue weighted by Gasteiger charge is 2.43. The lowest BCUT2D eigenvalue weighted by molar-refractivity contribution is -0.158. The third-order valence-electron chi connectivity index (χ3n) is 7.48. The van der Waals surface area contributed by atoms with E-state index < -0.39 is 51.4 Å². The molecule has 256 valence electrons. The highest BCUT2D eigenvalue weighted by Crippen LogP contribution is 2.36. The summed E-state index contributed by atoms with van der Waals surface area (Å²) >= 11 is 0. The Labute approximate surface area is 266 Å². The molecule has 1 amide bonds. The Balaban J connectivity index is 1.66. The molecule has 0 spiro atoms. The molecule has 45 heavy (non-hydrogen) atoms. The molecule has 3 rings (SSSR count). The van der Waals surface area contributed by atoms with E-state index in [1.165, 1.54) is 15.3 Å². The summed E-state index contributed by atoms with van der Waals surface area (Å²) in [6, 6.07) is 3.47. The van der Waals surface area contributed by atoms with Gasteiger partial charge in [-0.05, 0) is 98.8 Å². The van der Waals surface area contributed by atoms with Gasteiger partial charge in [0.15, 0.2) is 0 Å². The second kappa shape index (κ2) is 14.5. The first-order valence-electron chi connectivity index (χ1n) is 15.7. The van der Waals surface area contributed by atoms with Crippen molar-refractivity contribution in [2.45, 2.75) is 134 Å². The number of nitrogens with zero attached hydrogens (tertiary/aromatic N) is 2. The molecule has 0 bridgehead atoms. The van der Waals surface area contributed by atoms with Crippen LogP contribution in [0.4, 0.5) is 13.6 Å². The van der Waals surface area contributed by atoms with E-state index in [9.17, 15) is 26.8 Å². The summed E-state index contributed by atoms with van der Waals surface area (Å²) in [7, 11) is -4.11. The van der Waals surface area contributed by atoms with Gasteiger partial charge in [0, 0.05) is 32.0 Å². The molecule has 13 heteroatoms. The molecule has 0 radical (unpaired) electrons. The van der Waals surface area contributed by atoms with Gasteiger partial charge < -0.3 is 23.8 Å². The SMILES string of the molecule is Cc1ccc(S(=O)(=O)N2CCC[C@H]2C(=O)OC(C)(C)C)c(OC(C)COCCN(C(=O)OC(C)(C)C)C2CCC(F)(F)CC2)c1. The van der Waals surface area contributed by atoms with Crippen molar-refractivity contribution in [3.8, 4) is 5.75 Å². The highest BCUT2D eigenvalue weighted by atomic mass is 32.2. The van der Waals surface area contributed by atoms with Gasteiger partial charge in [0.1, 0.15) is 34.0 Å². The van der Waals surface area contributed by atoms with Gasteiger partial charge >= 0.3 is 12.1 Å². The van der Waals surface area contributed by atoms with Gasteiger partial charge in [-0.1, -0.05) is 6.07 Å². The van der Waals surface area contributed by atoms with E-state index >= 15 is 0 Å². The summed E-state index contributed by atoms with van der Waals surface area (Å²) in [6.07, 6.45) is -0.509. The van der Waals surface area contributed by atoms with Gasteiger partial charge in [-0.15, -0.1) is 0 Å². The summed E-state index contributed by atoms with van der Waals surface area (Å²) in [5, 5.41) is 0. The molecule has 1 saturated heterocycles. The summed E-state index contributed by atoms with van der Waals surface area (Å²) in [5.41, 5.74) is -0.712. The van der Waals surface area contributed by atoms with Crippen LogP contribution in [-0.2, 0) is 29.0 Å². The Morgan fingerprint density at radius 1 is 1.04 bits per heavy atom. The predicted molar refractivity (Wildman–Crippen MR) is 165 cm³/mol. The largest absolute Gasteiger partial charge is 0.487 e. The van der Waals surface area contributed by atoms with E-state index in [1.807, 2.05) is 6.92 Å². The van der Waals surface area contributed by atoms with Crippen molar-refractivity contribution in [1.82, 2.24) is 9.21 Å². The molecule has 2 atom stereocenters. The second-order valence-corrected chi connectivity index (χ2v) is 15.9. The van der Waals surface area contributed by atoms with E-state index in [1.54, 1.807) is 60.6 Å². The number of hydrogen-bond donors (Lipinski definition) is 0. The third-order valence-corrected chi connectivity index (χ3v) is 9.43. The van der Waals surface area contributed by atoms with Crippen molar-refractivity contribution in [2.75, 3.05) is 26.3 Å². The molecule has 1 aliphatic heterocycles. The standard InChI is InChI=1S/C32H50F2N2O8S/c1-22-11-12-27(45(39,40)36-17-9-10-25(36)28(37)43-30(3,4)5)26(20-22)42-23(2)21-41-19-18-35(29(38)44-31(6,7)8)24-13-15-32(33,34)16-14-24/h11-12,20,23-25H,9-10,13-19,21H2,1-8H3/t23?,25-/m0/s1. The van der Waals surface area contributed by atoms with Gasteiger partial charge in [-0.3, -0.25) is 4.79 Å². The number of esters is 1. The molecule has 0 aromatic heterocycles. The molecule has 1 aromatic rings. The maximum atomic E-state index is 13.8. The molecule has 1 saturated carbocycles. The second-order valence-electron chi connectivity index (χ2n) is 14.0. The number of aryl methyl sites for hydroxylation is 1. The van der Waals surface area contributed by atoms with Gasteiger partial charge in [-0.25, -0.2) is 22.0 Å². The maximum Gasteiger partial charge on any atom is 0.410 e. The Kier molecular flexibility index (Phi) is 11.9. The van der Waals surface area contributed by atoms with Crippen molar-refractivity contribution in [3.63, 3.8) is 0 Å². The maximum absolute atomic E-state index is 13.8. The van der Waals surface area contributed by atoms with Crippen LogP contribution in [-0.4, -0.2) is 91.3 Å². The normalized spacial score (nSPS) is 20.4. The number of rotatable bonds is 11. The Hall–Kier alpha value is -2.51. The molecular weight excluding hydrogens is 610 g/mol. The number of amides is 1. The Morgan fingerprint density at radius 2 is 1.67 bits per heavy atom. The minimum absolute atomic E-state index is 0.0550. The fourth-order valence-corrected chi connectivity index (χ4v) is 7.17. The lowest BCUT2D eigenvalue weighted by atomic mass is 9.91. The van der Waals surface area contributed by atoms with E-state index in [4.69, 9.17) is 18.9 Å². The van der Waals surface area contributed by atoms with E-state index in [2.05, 4.69) is 0 Å². The van der Waals surface area contributed by atoms with Crippen LogP contribution in [0.1, 0.15) is 92.6 Å². The number of benzene rings is 1. The smallest absolute Gasteiger partial charge is 0.410 e. The first kappa shape index (κ1) is 37.0. The summed E-state index contributed by atoms with van der Waals surface area (Å²) in [5.74, 6) is -3.17. The molecule has 1 unspecified atom stereocenters. The summed E-state index contributed by atoms with van der Waals surface area (Å²) in [6.45, 7) is 14.5. The monoisotopic (exact) mass is 660 g/mol. The van der Waals surface area contributed by atoms with Crippen LogP contribution in [0.5, 0.6) is 5.75 Å². The van der Waals surface area contributed by atoms with Crippen LogP contribution in [0, 0.1) is 6.92 Å². The Bertz CT molecular complexity index is 1280. The van der Waals surface area contributed by atoms with Crippen LogP contribution in [0.2, 0.25) is 0 Å². The number of ether oxygens (including phenoxy) is 4.